The number of anilines is 1. The molecule has 0 spiro atoms. The smallest absolute Gasteiger partial charge is 0.225 e. The molecule has 0 bridgehead atoms. The Labute approximate surface area is 111 Å². The molecule has 3 aromatic rings. The van der Waals surface area contributed by atoms with E-state index < -0.39 is 0 Å². The van der Waals surface area contributed by atoms with Crippen molar-refractivity contribution in [1.29, 1.82) is 0 Å². The second-order valence-electron chi connectivity index (χ2n) is 4.28. The molecule has 1 aromatic heterocycles. The molecule has 0 radical (unpaired) electrons. The molecule has 94 valence electrons. The number of rotatable bonds is 4. The Kier molecular flexibility index (Phi) is 3.28. The molecular formula is C16H14N2O. The van der Waals surface area contributed by atoms with Crippen LogP contribution >= 0.6 is 0 Å². The van der Waals surface area contributed by atoms with Crippen LogP contribution in [0.25, 0.3) is 11.3 Å². The predicted octanol–water partition coefficient (Wildman–Crippen LogP) is 3.95. The number of nitrogens with zero attached hydrogens (tertiary/aromatic N) is 1. The Hall–Kier alpha value is -2.55. The van der Waals surface area contributed by atoms with Gasteiger partial charge in [0.1, 0.15) is 5.69 Å². The van der Waals surface area contributed by atoms with Gasteiger partial charge < -0.3 is 9.84 Å². The number of aromatic nitrogens is 1. The minimum Gasteiger partial charge on any atom is -0.350 e. The minimum absolute atomic E-state index is 0.683. The number of benzene rings is 2. The first-order valence-corrected chi connectivity index (χ1v) is 6.22. The average molecular weight is 250 g/mol. The summed E-state index contributed by atoms with van der Waals surface area (Å²) in [7, 11) is 0. The largest absolute Gasteiger partial charge is 0.350 e. The lowest BCUT2D eigenvalue weighted by Gasteiger charge is -2.00. The summed E-state index contributed by atoms with van der Waals surface area (Å²) in [6.45, 7) is 0.726. The number of hydrogen-bond donors (Lipinski definition) is 1. The van der Waals surface area contributed by atoms with Crippen LogP contribution in [0.1, 0.15) is 5.56 Å². The molecule has 0 saturated heterocycles. The van der Waals surface area contributed by atoms with Gasteiger partial charge in [-0.3, -0.25) is 0 Å². The molecule has 0 fully saturated rings. The summed E-state index contributed by atoms with van der Waals surface area (Å²) in [4.78, 5) is 0. The van der Waals surface area contributed by atoms with E-state index in [-0.39, 0.29) is 0 Å². The molecule has 3 heteroatoms. The van der Waals surface area contributed by atoms with Gasteiger partial charge in [-0.25, -0.2) is 0 Å². The highest BCUT2D eigenvalue weighted by Gasteiger charge is 2.05. The van der Waals surface area contributed by atoms with Gasteiger partial charge in [0.05, 0.1) is 0 Å². The first-order valence-electron chi connectivity index (χ1n) is 6.22. The quantitative estimate of drug-likeness (QED) is 0.761. The molecular weight excluding hydrogens is 236 g/mol. The lowest BCUT2D eigenvalue weighted by atomic mass is 10.1. The third kappa shape index (κ3) is 2.83. The normalized spacial score (nSPS) is 10.3. The van der Waals surface area contributed by atoms with Crippen LogP contribution in [0.3, 0.4) is 0 Å². The number of nitrogens with one attached hydrogen (secondary N) is 1. The van der Waals surface area contributed by atoms with Gasteiger partial charge in [0.25, 0.3) is 0 Å². The zero-order chi connectivity index (χ0) is 12.9. The van der Waals surface area contributed by atoms with Gasteiger partial charge in [0.2, 0.25) is 5.88 Å². The van der Waals surface area contributed by atoms with E-state index in [2.05, 4.69) is 22.6 Å². The fourth-order valence-electron chi connectivity index (χ4n) is 1.89. The Morgan fingerprint density at radius 2 is 1.58 bits per heavy atom. The maximum atomic E-state index is 5.28. The van der Waals surface area contributed by atoms with E-state index in [1.807, 2.05) is 54.6 Å². The van der Waals surface area contributed by atoms with Crippen LogP contribution in [0.15, 0.2) is 71.3 Å². The summed E-state index contributed by atoms with van der Waals surface area (Å²) in [6.07, 6.45) is 0. The molecule has 0 unspecified atom stereocenters. The summed E-state index contributed by atoms with van der Waals surface area (Å²) < 4.78 is 5.28. The maximum Gasteiger partial charge on any atom is 0.225 e. The van der Waals surface area contributed by atoms with Gasteiger partial charge in [-0.05, 0) is 5.56 Å². The summed E-state index contributed by atoms with van der Waals surface area (Å²) >= 11 is 0. The van der Waals surface area contributed by atoms with E-state index in [0.717, 1.165) is 17.8 Å². The second-order valence-corrected chi connectivity index (χ2v) is 4.28. The minimum atomic E-state index is 0.683. The summed E-state index contributed by atoms with van der Waals surface area (Å²) in [5.41, 5.74) is 3.11. The van der Waals surface area contributed by atoms with Crippen LogP contribution < -0.4 is 5.32 Å². The van der Waals surface area contributed by atoms with Crippen molar-refractivity contribution in [2.75, 3.05) is 5.32 Å². The summed E-state index contributed by atoms with van der Waals surface area (Å²) in [6, 6.07) is 22.1. The van der Waals surface area contributed by atoms with Crippen LogP contribution in [0.5, 0.6) is 0 Å². The highest BCUT2D eigenvalue weighted by atomic mass is 16.5. The van der Waals surface area contributed by atoms with Crippen LogP contribution in [0.2, 0.25) is 0 Å². The third-order valence-electron chi connectivity index (χ3n) is 2.89. The maximum absolute atomic E-state index is 5.28. The van der Waals surface area contributed by atoms with Crippen molar-refractivity contribution in [3.63, 3.8) is 0 Å². The van der Waals surface area contributed by atoms with Gasteiger partial charge in [-0.15, -0.1) is 0 Å². The van der Waals surface area contributed by atoms with Gasteiger partial charge in [0.15, 0.2) is 0 Å². The molecule has 0 amide bonds. The Balaban J connectivity index is 1.69. The molecule has 3 rings (SSSR count). The lowest BCUT2D eigenvalue weighted by molar-refractivity contribution is 0.434. The standard InChI is InChI=1S/C16H14N2O/c1-3-7-13(8-4-1)12-17-16-11-15(18-19-16)14-9-5-2-6-10-14/h1-11,17H,12H2. The molecule has 1 heterocycles. The second kappa shape index (κ2) is 5.40. The van der Waals surface area contributed by atoms with E-state index in [1.54, 1.807) is 0 Å². The summed E-state index contributed by atoms with van der Waals surface area (Å²) in [5, 5.41) is 7.28. The molecule has 0 aliphatic rings. The predicted molar refractivity (Wildman–Crippen MR) is 75.7 cm³/mol. The summed E-state index contributed by atoms with van der Waals surface area (Å²) in [5.74, 6) is 0.683. The van der Waals surface area contributed by atoms with E-state index in [1.165, 1.54) is 5.56 Å². The molecule has 3 nitrogen and oxygen atoms in total. The van der Waals surface area contributed by atoms with Gasteiger partial charge in [-0.1, -0.05) is 65.8 Å². The molecule has 0 aliphatic carbocycles. The van der Waals surface area contributed by atoms with Crippen molar-refractivity contribution in [3.8, 4) is 11.3 Å². The van der Waals surface area contributed by atoms with Crippen LogP contribution in [0, 0.1) is 0 Å². The Morgan fingerprint density at radius 3 is 2.32 bits per heavy atom. The Morgan fingerprint density at radius 1 is 0.895 bits per heavy atom. The highest BCUT2D eigenvalue weighted by Crippen LogP contribution is 2.21. The molecule has 1 N–H and O–H groups in total. The van der Waals surface area contributed by atoms with Crippen LogP contribution in [-0.2, 0) is 6.54 Å². The monoisotopic (exact) mass is 250 g/mol. The fourth-order valence-corrected chi connectivity index (χ4v) is 1.89. The zero-order valence-corrected chi connectivity index (χ0v) is 10.4. The molecule has 2 aromatic carbocycles. The highest BCUT2D eigenvalue weighted by molar-refractivity contribution is 5.61. The van der Waals surface area contributed by atoms with Gasteiger partial charge >= 0.3 is 0 Å². The molecule has 0 atom stereocenters. The topological polar surface area (TPSA) is 38.1 Å². The Bertz CT molecular complexity index is 632. The molecule has 19 heavy (non-hydrogen) atoms. The SMILES string of the molecule is c1ccc(CNc2cc(-c3ccccc3)no2)cc1. The third-order valence-corrected chi connectivity index (χ3v) is 2.89. The first kappa shape index (κ1) is 11.5. The molecule has 0 saturated carbocycles. The van der Waals surface area contributed by atoms with Crippen molar-refractivity contribution in [3.05, 3.63) is 72.3 Å². The van der Waals surface area contributed by atoms with Crippen molar-refractivity contribution in [1.82, 2.24) is 5.16 Å². The van der Waals surface area contributed by atoms with Crippen LogP contribution in [-0.4, -0.2) is 5.16 Å². The van der Waals surface area contributed by atoms with Gasteiger partial charge in [-0.2, -0.15) is 0 Å². The van der Waals surface area contributed by atoms with E-state index >= 15 is 0 Å². The fraction of sp³-hybridized carbons (Fsp3) is 0.0625. The van der Waals surface area contributed by atoms with E-state index in [4.69, 9.17) is 4.52 Å². The van der Waals surface area contributed by atoms with Crippen LogP contribution in [0.4, 0.5) is 5.88 Å². The number of hydrogen-bond acceptors (Lipinski definition) is 3. The lowest BCUT2D eigenvalue weighted by Crippen LogP contribution is -1.97. The van der Waals surface area contributed by atoms with Crippen molar-refractivity contribution in [2.45, 2.75) is 6.54 Å². The zero-order valence-electron chi connectivity index (χ0n) is 10.4. The average Bonchev–Trinajstić information content (AvgIpc) is 2.96. The van der Waals surface area contributed by atoms with Crippen molar-refractivity contribution < 1.29 is 4.52 Å². The first-order chi connectivity index (χ1) is 9.42. The van der Waals surface area contributed by atoms with E-state index in [0.29, 0.717) is 5.88 Å². The van der Waals surface area contributed by atoms with Gasteiger partial charge in [0, 0.05) is 18.2 Å². The van der Waals surface area contributed by atoms with Crippen molar-refractivity contribution >= 4 is 5.88 Å². The molecule has 0 aliphatic heterocycles. The van der Waals surface area contributed by atoms with Crippen molar-refractivity contribution in [2.24, 2.45) is 0 Å². The van der Waals surface area contributed by atoms with E-state index in [9.17, 15) is 0 Å².